The number of aromatic nitrogens is 2. The number of hydrogen-bond donors (Lipinski definition) is 0. The molecule has 2 aromatic heterocycles. The van der Waals surface area contributed by atoms with E-state index in [0.717, 1.165) is 16.7 Å². The average molecular weight is 264 g/mol. The molecule has 0 saturated carbocycles. The fraction of sp³-hybridized carbons (Fsp3) is 0.333. The first kappa shape index (κ1) is 11.9. The predicted octanol–water partition coefficient (Wildman–Crippen LogP) is 2.73. The van der Waals surface area contributed by atoms with Gasteiger partial charge in [0.2, 0.25) is 5.88 Å². The second kappa shape index (κ2) is 4.02. The molecular formula is C9H7F3N2O2S. The second-order valence-electron chi connectivity index (χ2n) is 3.04. The Balaban J connectivity index is 2.75. The van der Waals surface area contributed by atoms with Gasteiger partial charge in [0.25, 0.3) is 0 Å². The molecule has 2 rings (SSSR count). The molecule has 0 aliphatic heterocycles. The van der Waals surface area contributed by atoms with Gasteiger partial charge in [-0.1, -0.05) is 0 Å². The van der Waals surface area contributed by atoms with E-state index >= 15 is 0 Å². The molecular weight excluding hydrogens is 257 g/mol. The normalized spacial score (nSPS) is 11.8. The maximum atomic E-state index is 12.7. The van der Waals surface area contributed by atoms with E-state index in [-0.39, 0.29) is 22.1 Å². The van der Waals surface area contributed by atoms with Gasteiger partial charge in [0.1, 0.15) is 10.2 Å². The molecule has 0 atom stereocenters. The van der Waals surface area contributed by atoms with Crippen molar-refractivity contribution >= 4 is 21.6 Å². The van der Waals surface area contributed by atoms with Gasteiger partial charge >= 0.3 is 12.2 Å². The van der Waals surface area contributed by atoms with Crippen LogP contribution in [0.15, 0.2) is 5.38 Å². The Morgan fingerprint density at radius 3 is 2.41 bits per heavy atom. The summed E-state index contributed by atoms with van der Waals surface area (Å²) in [5.41, 5.74) is -1.01. The maximum Gasteiger partial charge on any atom is 0.419 e. The summed E-state index contributed by atoms with van der Waals surface area (Å²) in [7, 11) is 2.61. The van der Waals surface area contributed by atoms with Gasteiger partial charge in [0.15, 0.2) is 0 Å². The number of halogens is 3. The van der Waals surface area contributed by atoms with Crippen molar-refractivity contribution in [1.82, 2.24) is 9.97 Å². The van der Waals surface area contributed by atoms with Gasteiger partial charge in [0.05, 0.1) is 19.8 Å². The van der Waals surface area contributed by atoms with Crippen molar-refractivity contribution in [2.45, 2.75) is 6.18 Å². The molecule has 2 aromatic rings. The molecule has 0 spiro atoms. The van der Waals surface area contributed by atoms with Crippen molar-refractivity contribution in [2.75, 3.05) is 14.2 Å². The lowest BCUT2D eigenvalue weighted by Crippen LogP contribution is -2.05. The van der Waals surface area contributed by atoms with Crippen LogP contribution in [0.3, 0.4) is 0 Å². The molecule has 17 heavy (non-hydrogen) atoms. The van der Waals surface area contributed by atoms with Crippen LogP contribution >= 0.6 is 11.3 Å². The number of methoxy groups -OCH3 is 2. The Labute approximate surface area is 98.0 Å². The van der Waals surface area contributed by atoms with E-state index in [1.165, 1.54) is 14.2 Å². The van der Waals surface area contributed by atoms with Crippen LogP contribution in [0.1, 0.15) is 5.56 Å². The molecule has 0 unspecified atom stereocenters. The van der Waals surface area contributed by atoms with E-state index in [9.17, 15) is 13.2 Å². The topological polar surface area (TPSA) is 44.2 Å². The fourth-order valence-corrected chi connectivity index (χ4v) is 2.28. The molecule has 0 bridgehead atoms. The Hall–Kier alpha value is -1.57. The highest BCUT2D eigenvalue weighted by molar-refractivity contribution is 7.17. The first-order valence-corrected chi connectivity index (χ1v) is 5.29. The van der Waals surface area contributed by atoms with Gasteiger partial charge in [-0.05, 0) is 0 Å². The molecule has 0 aliphatic rings. The van der Waals surface area contributed by atoms with Gasteiger partial charge in [-0.25, -0.2) is 0 Å². The molecule has 0 amide bonds. The molecule has 92 valence electrons. The Morgan fingerprint density at radius 2 is 1.88 bits per heavy atom. The molecule has 0 radical (unpaired) electrons. The molecule has 4 nitrogen and oxygen atoms in total. The molecule has 2 heterocycles. The lowest BCUT2D eigenvalue weighted by molar-refractivity contribution is -0.136. The summed E-state index contributed by atoms with van der Waals surface area (Å²) in [6.45, 7) is 0. The SMILES string of the molecule is COc1nc(OC)c2scc(C(F)(F)F)c2n1. The number of hydrogen-bond acceptors (Lipinski definition) is 5. The molecule has 0 saturated heterocycles. The van der Waals surface area contributed by atoms with E-state index in [2.05, 4.69) is 9.97 Å². The third-order valence-electron chi connectivity index (χ3n) is 2.05. The number of fused-ring (bicyclic) bond motifs is 1. The van der Waals surface area contributed by atoms with Gasteiger partial charge in [0, 0.05) is 5.38 Å². The monoisotopic (exact) mass is 264 g/mol. The van der Waals surface area contributed by atoms with E-state index in [1.54, 1.807) is 0 Å². The van der Waals surface area contributed by atoms with Crippen molar-refractivity contribution < 1.29 is 22.6 Å². The van der Waals surface area contributed by atoms with Crippen LogP contribution in [0.2, 0.25) is 0 Å². The maximum absolute atomic E-state index is 12.7. The highest BCUT2D eigenvalue weighted by atomic mass is 32.1. The highest BCUT2D eigenvalue weighted by Crippen LogP contribution is 2.40. The minimum atomic E-state index is -4.46. The molecule has 0 fully saturated rings. The van der Waals surface area contributed by atoms with Crippen molar-refractivity contribution in [1.29, 1.82) is 0 Å². The summed E-state index contributed by atoms with van der Waals surface area (Å²) in [5, 5.41) is 0.987. The zero-order valence-electron chi connectivity index (χ0n) is 8.83. The minimum absolute atomic E-state index is 0.0763. The van der Waals surface area contributed by atoms with E-state index in [4.69, 9.17) is 9.47 Å². The van der Waals surface area contributed by atoms with Crippen LogP contribution in [0.4, 0.5) is 13.2 Å². The quantitative estimate of drug-likeness (QED) is 0.836. The molecule has 0 aliphatic carbocycles. The van der Waals surface area contributed by atoms with Crippen molar-refractivity contribution in [3.05, 3.63) is 10.9 Å². The van der Waals surface area contributed by atoms with E-state index in [1.807, 2.05) is 0 Å². The highest BCUT2D eigenvalue weighted by Gasteiger charge is 2.35. The minimum Gasteiger partial charge on any atom is -0.480 e. The van der Waals surface area contributed by atoms with Gasteiger partial charge in [-0.3, -0.25) is 0 Å². The van der Waals surface area contributed by atoms with Crippen molar-refractivity contribution in [3.8, 4) is 11.9 Å². The van der Waals surface area contributed by atoms with Gasteiger partial charge in [-0.15, -0.1) is 11.3 Å². The largest absolute Gasteiger partial charge is 0.480 e. The van der Waals surface area contributed by atoms with Crippen LogP contribution in [0.5, 0.6) is 11.9 Å². The smallest absolute Gasteiger partial charge is 0.419 e. The Bertz CT molecular complexity index is 553. The van der Waals surface area contributed by atoms with Crippen LogP contribution in [0, 0.1) is 0 Å². The lowest BCUT2D eigenvalue weighted by atomic mass is 10.3. The van der Waals surface area contributed by atoms with Gasteiger partial charge < -0.3 is 9.47 Å². The third-order valence-corrected chi connectivity index (χ3v) is 3.00. The average Bonchev–Trinajstić information content (AvgIpc) is 2.70. The number of alkyl halides is 3. The number of nitrogens with zero attached hydrogens (tertiary/aromatic N) is 2. The molecule has 0 N–H and O–H groups in total. The van der Waals surface area contributed by atoms with Crippen molar-refractivity contribution in [3.63, 3.8) is 0 Å². The Kier molecular flexibility index (Phi) is 2.82. The Morgan fingerprint density at radius 1 is 1.18 bits per heavy atom. The van der Waals surface area contributed by atoms with Crippen LogP contribution < -0.4 is 9.47 Å². The first-order valence-electron chi connectivity index (χ1n) is 4.41. The number of ether oxygens (including phenoxy) is 2. The summed E-state index contributed by atoms with van der Waals surface area (Å²) in [5.74, 6) is 0.0763. The number of rotatable bonds is 2. The summed E-state index contributed by atoms with van der Waals surface area (Å²) in [6, 6.07) is -0.154. The van der Waals surface area contributed by atoms with Crippen molar-refractivity contribution in [2.24, 2.45) is 0 Å². The van der Waals surface area contributed by atoms with Gasteiger partial charge in [-0.2, -0.15) is 23.1 Å². The van der Waals surface area contributed by atoms with E-state index in [0.29, 0.717) is 0 Å². The fourth-order valence-electron chi connectivity index (χ4n) is 1.30. The second-order valence-corrected chi connectivity index (χ2v) is 3.92. The van der Waals surface area contributed by atoms with E-state index < -0.39 is 11.7 Å². The third kappa shape index (κ3) is 1.99. The number of thiophene rings is 1. The summed E-state index contributed by atoms with van der Waals surface area (Å²) in [4.78, 5) is 7.53. The van der Waals surface area contributed by atoms with Crippen LogP contribution in [-0.2, 0) is 6.18 Å². The molecule has 8 heteroatoms. The van der Waals surface area contributed by atoms with Crippen LogP contribution in [0.25, 0.3) is 10.2 Å². The summed E-state index contributed by atoms with van der Waals surface area (Å²) in [6.07, 6.45) is -4.46. The first-order chi connectivity index (χ1) is 7.97. The van der Waals surface area contributed by atoms with Crippen LogP contribution in [-0.4, -0.2) is 24.2 Å². The predicted molar refractivity (Wildman–Crippen MR) is 55.5 cm³/mol. The summed E-state index contributed by atoms with van der Waals surface area (Å²) >= 11 is 0.886. The lowest BCUT2D eigenvalue weighted by Gasteiger charge is -2.06. The zero-order valence-corrected chi connectivity index (χ0v) is 9.65. The zero-order chi connectivity index (χ0) is 12.6. The standard InChI is InChI=1S/C9H7F3N2O2S/c1-15-7-6-5(13-8(14-7)16-2)4(3-17-6)9(10,11)12/h3H,1-2H3. The molecule has 0 aromatic carbocycles. The summed E-state index contributed by atoms with van der Waals surface area (Å²) < 4.78 is 48.0.